The van der Waals surface area contributed by atoms with Gasteiger partial charge in [0, 0.05) is 5.52 Å². The highest BCUT2D eigenvalue weighted by atomic mass is 16.5. The molecule has 0 saturated heterocycles. The molecule has 0 atom stereocenters. The third-order valence-corrected chi connectivity index (χ3v) is 3.72. The van der Waals surface area contributed by atoms with Gasteiger partial charge in [-0.25, -0.2) is 5.43 Å². The fourth-order valence-electron chi connectivity index (χ4n) is 2.44. The van der Waals surface area contributed by atoms with E-state index in [0.717, 1.165) is 10.9 Å². The van der Waals surface area contributed by atoms with Crippen LogP contribution in [-0.2, 0) is 4.79 Å². The molecule has 0 spiro atoms. The molecule has 0 radical (unpaired) electrons. The smallest absolute Gasteiger partial charge is 0.259 e. The van der Waals surface area contributed by atoms with E-state index < -0.39 is 0 Å². The second-order valence-corrected chi connectivity index (χ2v) is 5.49. The fourth-order valence-corrected chi connectivity index (χ4v) is 2.44. The Hall–Kier alpha value is -3.61. The first-order valence-electron chi connectivity index (χ1n) is 7.98. The molecule has 0 aliphatic carbocycles. The van der Waals surface area contributed by atoms with Crippen LogP contribution in [-0.4, -0.2) is 30.8 Å². The molecule has 3 N–H and O–H groups in total. The molecule has 132 valence electrons. The van der Waals surface area contributed by atoms with Crippen LogP contribution in [0.2, 0.25) is 0 Å². The number of fused-ring (bicyclic) bond motifs is 1. The van der Waals surface area contributed by atoms with E-state index >= 15 is 0 Å². The number of H-pyrrole nitrogens is 1. The van der Waals surface area contributed by atoms with E-state index in [2.05, 4.69) is 20.8 Å². The summed E-state index contributed by atoms with van der Waals surface area (Å²) in [6.45, 7) is 0.0196. The van der Waals surface area contributed by atoms with Crippen LogP contribution < -0.4 is 21.0 Å². The maximum atomic E-state index is 12.0. The summed E-state index contributed by atoms with van der Waals surface area (Å²) in [5, 5.41) is 7.70. The number of ether oxygens (including phenoxy) is 1. The fraction of sp³-hybridized carbons (Fsp3) is 0.105. The van der Waals surface area contributed by atoms with Gasteiger partial charge in [0.05, 0.1) is 31.1 Å². The van der Waals surface area contributed by atoms with Gasteiger partial charge in [-0.1, -0.05) is 30.3 Å². The minimum absolute atomic E-state index is 0.0196. The first-order valence-corrected chi connectivity index (χ1v) is 7.98. The molecule has 0 aliphatic rings. The number of aromatic amines is 1. The van der Waals surface area contributed by atoms with Crippen LogP contribution in [0.3, 0.4) is 0 Å². The first kappa shape index (κ1) is 17.2. The standard InChI is InChI=1S/C19H18N4O3/c1-26-17-9-5-4-8-16(17)20-12-18(24)23-21-11-14-10-13-6-2-3-7-15(13)22-19(14)25/h2-11,20H,12H2,1H3,(H,22,25)(H,23,24)/b21-11+. The summed E-state index contributed by atoms with van der Waals surface area (Å²) in [4.78, 5) is 26.7. The van der Waals surface area contributed by atoms with Crippen molar-refractivity contribution in [3.05, 3.63) is 70.5 Å². The van der Waals surface area contributed by atoms with Crippen molar-refractivity contribution >= 4 is 28.7 Å². The van der Waals surface area contributed by atoms with E-state index in [1.54, 1.807) is 19.2 Å². The number of carbonyl (C=O) groups is 1. The van der Waals surface area contributed by atoms with Crippen molar-refractivity contribution < 1.29 is 9.53 Å². The van der Waals surface area contributed by atoms with E-state index in [1.807, 2.05) is 42.5 Å². The van der Waals surface area contributed by atoms with Crippen LogP contribution in [0.15, 0.2) is 64.5 Å². The number of benzene rings is 2. The molecule has 1 heterocycles. The SMILES string of the molecule is COc1ccccc1NCC(=O)N/N=C/c1cc2ccccc2[nH]c1=O. The summed E-state index contributed by atoms with van der Waals surface area (Å²) in [5.74, 6) is 0.302. The number of rotatable bonds is 6. The van der Waals surface area contributed by atoms with Gasteiger partial charge in [-0.15, -0.1) is 0 Å². The summed E-state index contributed by atoms with van der Waals surface area (Å²) in [6.07, 6.45) is 1.33. The Morgan fingerprint density at radius 3 is 2.81 bits per heavy atom. The van der Waals surface area contributed by atoms with Crippen LogP contribution in [0.4, 0.5) is 5.69 Å². The predicted molar refractivity (Wildman–Crippen MR) is 102 cm³/mol. The molecule has 1 amide bonds. The Kier molecular flexibility index (Phi) is 5.28. The van der Waals surface area contributed by atoms with Crippen molar-refractivity contribution in [2.75, 3.05) is 19.0 Å². The number of hydrazone groups is 1. The third-order valence-electron chi connectivity index (χ3n) is 3.72. The second-order valence-electron chi connectivity index (χ2n) is 5.49. The summed E-state index contributed by atoms with van der Waals surface area (Å²) >= 11 is 0. The number of amides is 1. The number of hydrogen-bond acceptors (Lipinski definition) is 5. The van der Waals surface area contributed by atoms with E-state index in [1.165, 1.54) is 6.21 Å². The Balaban J connectivity index is 1.61. The average molecular weight is 350 g/mol. The Labute approximate surface area is 149 Å². The van der Waals surface area contributed by atoms with E-state index in [4.69, 9.17) is 4.74 Å². The van der Waals surface area contributed by atoms with Gasteiger partial charge in [-0.3, -0.25) is 9.59 Å². The second kappa shape index (κ2) is 7.98. The van der Waals surface area contributed by atoms with Gasteiger partial charge >= 0.3 is 0 Å². The molecule has 3 rings (SSSR count). The molecule has 0 fully saturated rings. The van der Waals surface area contributed by atoms with Gasteiger partial charge in [0.25, 0.3) is 11.5 Å². The largest absolute Gasteiger partial charge is 0.495 e. The van der Waals surface area contributed by atoms with Crippen LogP contribution in [0.5, 0.6) is 5.75 Å². The van der Waals surface area contributed by atoms with Gasteiger partial charge < -0.3 is 15.0 Å². The summed E-state index contributed by atoms with van der Waals surface area (Å²) in [6, 6.07) is 16.4. The van der Waals surface area contributed by atoms with E-state index in [-0.39, 0.29) is 18.0 Å². The zero-order valence-electron chi connectivity index (χ0n) is 14.2. The molecule has 7 heteroatoms. The van der Waals surface area contributed by atoms with Crippen molar-refractivity contribution in [3.63, 3.8) is 0 Å². The molecule has 0 saturated carbocycles. The topological polar surface area (TPSA) is 95.6 Å². The van der Waals surface area contributed by atoms with Gasteiger partial charge in [0.1, 0.15) is 5.75 Å². The van der Waals surface area contributed by atoms with Crippen LogP contribution in [0.25, 0.3) is 10.9 Å². The van der Waals surface area contributed by atoms with Gasteiger partial charge in [0.15, 0.2) is 0 Å². The number of hydrogen-bond donors (Lipinski definition) is 3. The highest BCUT2D eigenvalue weighted by Gasteiger charge is 2.04. The number of carbonyl (C=O) groups excluding carboxylic acids is 1. The number of pyridine rings is 1. The Morgan fingerprint density at radius 1 is 1.19 bits per heavy atom. The zero-order chi connectivity index (χ0) is 18.4. The monoisotopic (exact) mass is 350 g/mol. The molecule has 26 heavy (non-hydrogen) atoms. The lowest BCUT2D eigenvalue weighted by Gasteiger charge is -2.09. The van der Waals surface area contributed by atoms with Gasteiger partial charge in [-0.2, -0.15) is 5.10 Å². The molecule has 1 aromatic heterocycles. The number of nitrogens with one attached hydrogen (secondary N) is 3. The lowest BCUT2D eigenvalue weighted by atomic mass is 10.2. The van der Waals surface area contributed by atoms with Crippen molar-refractivity contribution in [1.82, 2.24) is 10.4 Å². The minimum atomic E-state index is -0.343. The molecule has 3 aromatic rings. The summed E-state index contributed by atoms with van der Waals surface area (Å²) in [7, 11) is 1.56. The van der Waals surface area contributed by atoms with Gasteiger partial charge in [0.2, 0.25) is 0 Å². The third kappa shape index (κ3) is 4.07. The highest BCUT2D eigenvalue weighted by Crippen LogP contribution is 2.22. The van der Waals surface area contributed by atoms with Crippen LogP contribution in [0, 0.1) is 0 Å². The van der Waals surface area contributed by atoms with Crippen molar-refractivity contribution in [3.8, 4) is 5.75 Å². The molecule has 0 unspecified atom stereocenters. The average Bonchev–Trinajstić information content (AvgIpc) is 2.67. The molecule has 7 nitrogen and oxygen atoms in total. The molecule has 0 bridgehead atoms. The highest BCUT2D eigenvalue weighted by molar-refractivity contribution is 5.88. The van der Waals surface area contributed by atoms with Crippen LogP contribution >= 0.6 is 0 Å². The van der Waals surface area contributed by atoms with Crippen molar-refractivity contribution in [2.24, 2.45) is 5.10 Å². The van der Waals surface area contributed by atoms with E-state index in [0.29, 0.717) is 17.0 Å². The van der Waals surface area contributed by atoms with E-state index in [9.17, 15) is 9.59 Å². The molecule has 2 aromatic carbocycles. The van der Waals surface area contributed by atoms with Crippen molar-refractivity contribution in [1.29, 1.82) is 0 Å². The first-order chi connectivity index (χ1) is 12.7. The number of methoxy groups -OCH3 is 1. The minimum Gasteiger partial charge on any atom is -0.495 e. The number of anilines is 1. The zero-order valence-corrected chi connectivity index (χ0v) is 14.2. The number of para-hydroxylation sites is 3. The maximum Gasteiger partial charge on any atom is 0.259 e. The van der Waals surface area contributed by atoms with Gasteiger partial charge in [-0.05, 0) is 29.7 Å². The van der Waals surface area contributed by atoms with Crippen LogP contribution in [0.1, 0.15) is 5.56 Å². The molecular weight excluding hydrogens is 332 g/mol. The lowest BCUT2D eigenvalue weighted by molar-refractivity contribution is -0.119. The normalized spacial score (nSPS) is 10.8. The maximum absolute atomic E-state index is 12.0. The summed E-state index contributed by atoms with van der Waals surface area (Å²) in [5.41, 5.74) is 3.94. The predicted octanol–water partition coefficient (Wildman–Crippen LogP) is 2.10. The Morgan fingerprint density at radius 2 is 1.96 bits per heavy atom. The quantitative estimate of drug-likeness (QED) is 0.469. The Bertz CT molecular complexity index is 1010. The molecular formula is C19H18N4O3. The molecule has 0 aliphatic heterocycles. The number of nitrogens with zero attached hydrogens (tertiary/aromatic N) is 1. The summed E-state index contributed by atoms with van der Waals surface area (Å²) < 4.78 is 5.20. The number of aromatic nitrogens is 1. The van der Waals surface area contributed by atoms with Crippen molar-refractivity contribution in [2.45, 2.75) is 0 Å². The lowest BCUT2D eigenvalue weighted by Crippen LogP contribution is -2.26.